The second kappa shape index (κ2) is 9.40. The summed E-state index contributed by atoms with van der Waals surface area (Å²) in [6, 6.07) is 6.15. The monoisotopic (exact) mass is 424 g/mol. The van der Waals surface area contributed by atoms with Gasteiger partial charge in [-0.2, -0.15) is 0 Å². The average molecular weight is 425 g/mol. The van der Waals surface area contributed by atoms with Gasteiger partial charge in [-0.1, -0.05) is 6.92 Å². The highest BCUT2D eigenvalue weighted by molar-refractivity contribution is 7.08. The van der Waals surface area contributed by atoms with Gasteiger partial charge in [0, 0.05) is 67.4 Å². The number of ether oxygens (including phenoxy) is 1. The Morgan fingerprint density at radius 1 is 1.13 bits per heavy atom. The average Bonchev–Trinajstić information content (AvgIpc) is 3.27. The molecule has 1 fully saturated rings. The van der Waals surface area contributed by atoms with Crippen molar-refractivity contribution in [2.45, 2.75) is 12.8 Å². The van der Waals surface area contributed by atoms with E-state index < -0.39 is 0 Å². The summed E-state index contributed by atoms with van der Waals surface area (Å²) >= 11 is 1.66. The van der Waals surface area contributed by atoms with E-state index in [9.17, 15) is 0 Å². The first kappa shape index (κ1) is 20.6. The van der Waals surface area contributed by atoms with E-state index in [2.05, 4.69) is 61.6 Å². The Labute approximate surface area is 181 Å². The number of anilines is 2. The number of hydrogen-bond acceptors (Lipinski definition) is 8. The smallest absolute Gasteiger partial charge is 0.133 e. The first-order valence-electron chi connectivity index (χ1n) is 10.2. The number of aromatic nitrogens is 3. The molecule has 1 aliphatic heterocycles. The van der Waals surface area contributed by atoms with Crippen molar-refractivity contribution in [1.29, 1.82) is 0 Å². The van der Waals surface area contributed by atoms with E-state index in [4.69, 9.17) is 4.74 Å². The van der Waals surface area contributed by atoms with E-state index in [0.29, 0.717) is 5.92 Å². The van der Waals surface area contributed by atoms with E-state index in [1.165, 1.54) is 5.56 Å². The second-order valence-electron chi connectivity index (χ2n) is 7.66. The Morgan fingerprint density at radius 3 is 2.70 bits per heavy atom. The highest BCUT2D eigenvalue weighted by Crippen LogP contribution is 2.30. The minimum Gasteiger partial charge on any atom is -0.496 e. The maximum absolute atomic E-state index is 5.44. The van der Waals surface area contributed by atoms with Crippen molar-refractivity contribution in [3.63, 3.8) is 0 Å². The molecular formula is C22H28N6OS. The second-order valence-corrected chi connectivity index (χ2v) is 8.40. The number of pyridine rings is 1. The van der Waals surface area contributed by atoms with Crippen LogP contribution in [0.2, 0.25) is 0 Å². The van der Waals surface area contributed by atoms with Gasteiger partial charge in [-0.15, -0.1) is 11.3 Å². The molecule has 1 N–H and O–H groups in total. The van der Waals surface area contributed by atoms with Crippen LogP contribution in [-0.2, 0) is 0 Å². The Balaban J connectivity index is 1.40. The first-order chi connectivity index (χ1) is 14.6. The van der Waals surface area contributed by atoms with Crippen LogP contribution in [-0.4, -0.2) is 66.7 Å². The lowest BCUT2D eigenvalue weighted by Crippen LogP contribution is -2.44. The minimum atomic E-state index is 0.314. The SMILES string of the molecule is COc1cscc1C(C)CNc1cc(-c2ccc(N3CCN(C)CC3)nc2)ncn1. The van der Waals surface area contributed by atoms with Crippen molar-refractivity contribution in [3.05, 3.63) is 47.0 Å². The van der Waals surface area contributed by atoms with Gasteiger partial charge in [-0.3, -0.25) is 0 Å². The summed E-state index contributed by atoms with van der Waals surface area (Å²) in [6.07, 6.45) is 3.50. The molecule has 1 atom stereocenters. The van der Waals surface area contributed by atoms with Crippen molar-refractivity contribution in [2.75, 3.05) is 57.1 Å². The molecule has 0 saturated carbocycles. The number of piperazine rings is 1. The molecule has 4 rings (SSSR count). The molecule has 7 nitrogen and oxygen atoms in total. The van der Waals surface area contributed by atoms with Gasteiger partial charge < -0.3 is 19.9 Å². The number of methoxy groups -OCH3 is 1. The third kappa shape index (κ3) is 4.71. The molecule has 1 saturated heterocycles. The van der Waals surface area contributed by atoms with E-state index in [-0.39, 0.29) is 0 Å². The maximum atomic E-state index is 5.44. The van der Waals surface area contributed by atoms with Crippen LogP contribution in [0.15, 0.2) is 41.5 Å². The van der Waals surface area contributed by atoms with Crippen LogP contribution in [0.5, 0.6) is 5.75 Å². The summed E-state index contributed by atoms with van der Waals surface area (Å²) in [5.41, 5.74) is 3.07. The molecule has 0 amide bonds. The molecule has 158 valence electrons. The van der Waals surface area contributed by atoms with Crippen LogP contribution >= 0.6 is 11.3 Å². The van der Waals surface area contributed by atoms with Gasteiger partial charge in [0.05, 0.1) is 12.8 Å². The highest BCUT2D eigenvalue weighted by atomic mass is 32.1. The molecule has 0 aliphatic carbocycles. The molecule has 1 aliphatic rings. The molecule has 30 heavy (non-hydrogen) atoms. The van der Waals surface area contributed by atoms with Crippen LogP contribution < -0.4 is 15.0 Å². The zero-order valence-electron chi connectivity index (χ0n) is 17.7. The highest BCUT2D eigenvalue weighted by Gasteiger charge is 2.16. The molecule has 0 spiro atoms. The van der Waals surface area contributed by atoms with Crippen molar-refractivity contribution < 1.29 is 4.74 Å². The number of hydrogen-bond donors (Lipinski definition) is 1. The number of likely N-dealkylation sites (N-methyl/N-ethyl adjacent to an activating group) is 1. The van der Waals surface area contributed by atoms with Crippen LogP contribution in [0.25, 0.3) is 11.3 Å². The third-order valence-corrected chi connectivity index (χ3v) is 6.27. The number of nitrogens with one attached hydrogen (secondary N) is 1. The normalized spacial score (nSPS) is 15.8. The van der Waals surface area contributed by atoms with Crippen molar-refractivity contribution >= 4 is 23.0 Å². The molecule has 3 aromatic rings. The molecule has 1 unspecified atom stereocenters. The van der Waals surface area contributed by atoms with Gasteiger partial charge in [-0.25, -0.2) is 15.0 Å². The Kier molecular flexibility index (Phi) is 6.44. The zero-order valence-corrected chi connectivity index (χ0v) is 18.5. The molecule has 3 aromatic heterocycles. The fraction of sp³-hybridized carbons (Fsp3) is 0.409. The fourth-order valence-corrected chi connectivity index (χ4v) is 4.48. The predicted molar refractivity (Wildman–Crippen MR) is 123 cm³/mol. The quantitative estimate of drug-likeness (QED) is 0.622. The van der Waals surface area contributed by atoms with Crippen molar-refractivity contribution in [3.8, 4) is 17.0 Å². The lowest BCUT2D eigenvalue weighted by molar-refractivity contribution is 0.312. The largest absolute Gasteiger partial charge is 0.496 e. The Bertz CT molecular complexity index is 952. The molecular weight excluding hydrogens is 396 g/mol. The lowest BCUT2D eigenvalue weighted by Gasteiger charge is -2.33. The predicted octanol–water partition coefficient (Wildman–Crippen LogP) is 3.58. The van der Waals surface area contributed by atoms with Crippen molar-refractivity contribution in [1.82, 2.24) is 19.9 Å². The molecule has 0 aromatic carbocycles. The van der Waals surface area contributed by atoms with Gasteiger partial charge in [-0.05, 0) is 24.6 Å². The first-order valence-corrected chi connectivity index (χ1v) is 11.1. The van der Waals surface area contributed by atoms with Crippen LogP contribution in [0.1, 0.15) is 18.4 Å². The molecule has 4 heterocycles. The van der Waals surface area contributed by atoms with E-state index in [0.717, 1.165) is 61.4 Å². The Hall–Kier alpha value is -2.71. The van der Waals surface area contributed by atoms with Crippen LogP contribution in [0.4, 0.5) is 11.6 Å². The fourth-order valence-electron chi connectivity index (χ4n) is 3.56. The van der Waals surface area contributed by atoms with Crippen LogP contribution in [0, 0.1) is 0 Å². The number of thiophene rings is 1. The number of rotatable bonds is 7. The van der Waals surface area contributed by atoms with E-state index in [1.54, 1.807) is 24.8 Å². The lowest BCUT2D eigenvalue weighted by atomic mass is 10.0. The van der Waals surface area contributed by atoms with Gasteiger partial charge in [0.1, 0.15) is 23.7 Å². The van der Waals surface area contributed by atoms with Gasteiger partial charge >= 0.3 is 0 Å². The van der Waals surface area contributed by atoms with Gasteiger partial charge in [0.15, 0.2) is 0 Å². The molecule has 8 heteroatoms. The summed E-state index contributed by atoms with van der Waals surface area (Å²) in [5.74, 6) is 3.10. The van der Waals surface area contributed by atoms with Crippen molar-refractivity contribution in [2.24, 2.45) is 0 Å². The van der Waals surface area contributed by atoms with E-state index >= 15 is 0 Å². The summed E-state index contributed by atoms with van der Waals surface area (Å²) in [6.45, 7) is 7.11. The zero-order chi connectivity index (χ0) is 20.9. The van der Waals surface area contributed by atoms with Gasteiger partial charge in [0.2, 0.25) is 0 Å². The standard InChI is InChI=1S/C22H28N6OS/c1-16(18-13-30-14-20(18)29-3)11-23-21-10-19(25-15-26-21)17-4-5-22(24-12-17)28-8-6-27(2)7-9-28/h4-5,10,12-16H,6-9,11H2,1-3H3,(H,23,25,26). The van der Waals surface area contributed by atoms with Crippen LogP contribution in [0.3, 0.4) is 0 Å². The third-order valence-electron chi connectivity index (χ3n) is 5.53. The summed E-state index contributed by atoms with van der Waals surface area (Å²) in [5, 5.41) is 7.60. The number of nitrogens with zero attached hydrogens (tertiary/aromatic N) is 5. The van der Waals surface area contributed by atoms with Gasteiger partial charge in [0.25, 0.3) is 0 Å². The van der Waals surface area contributed by atoms with E-state index in [1.807, 2.05) is 17.6 Å². The summed E-state index contributed by atoms with van der Waals surface area (Å²) < 4.78 is 5.44. The topological polar surface area (TPSA) is 66.4 Å². The summed E-state index contributed by atoms with van der Waals surface area (Å²) in [7, 11) is 3.87. The summed E-state index contributed by atoms with van der Waals surface area (Å²) in [4.78, 5) is 18.2. The minimum absolute atomic E-state index is 0.314. The molecule has 0 radical (unpaired) electrons. The maximum Gasteiger partial charge on any atom is 0.133 e. The molecule has 0 bridgehead atoms. The Morgan fingerprint density at radius 2 is 1.97 bits per heavy atom.